The van der Waals surface area contributed by atoms with E-state index in [1.165, 1.54) is 0 Å². The predicted molar refractivity (Wildman–Crippen MR) is 122 cm³/mol. The number of ketones is 1. The molecule has 5 rings (SSSR count). The molecule has 34 heavy (non-hydrogen) atoms. The molecule has 2 saturated heterocycles. The van der Waals surface area contributed by atoms with Gasteiger partial charge in [0.05, 0.1) is 0 Å². The molecule has 0 bridgehead atoms. The number of ether oxygens (including phenoxy) is 2. The fourth-order valence-corrected chi connectivity index (χ4v) is 5.33. The van der Waals surface area contributed by atoms with E-state index in [0.717, 1.165) is 24.2 Å². The maximum absolute atomic E-state index is 13.2. The number of hydrogen-bond donors (Lipinski definition) is 1. The van der Waals surface area contributed by atoms with Crippen LogP contribution in [0.4, 0.5) is 0 Å². The molecule has 0 saturated carbocycles. The Hall–Kier alpha value is -3.36. The van der Waals surface area contributed by atoms with E-state index in [4.69, 9.17) is 9.47 Å². The van der Waals surface area contributed by atoms with E-state index >= 15 is 0 Å². The minimum Gasteiger partial charge on any atom is -0.454 e. The summed E-state index contributed by atoms with van der Waals surface area (Å²) in [6.45, 7) is 1.30. The summed E-state index contributed by atoms with van der Waals surface area (Å²) in [4.78, 5) is 44.2. The van der Waals surface area contributed by atoms with Crippen LogP contribution >= 0.6 is 0 Å². The van der Waals surface area contributed by atoms with E-state index < -0.39 is 5.54 Å². The minimum absolute atomic E-state index is 0.00710. The van der Waals surface area contributed by atoms with Crippen LogP contribution in [-0.4, -0.2) is 57.5 Å². The molecule has 0 spiro atoms. The number of imidazole rings is 1. The summed E-state index contributed by atoms with van der Waals surface area (Å²) in [6.07, 6.45) is 7.60. The normalized spacial score (nSPS) is 23.7. The zero-order chi connectivity index (χ0) is 23.7. The van der Waals surface area contributed by atoms with Crippen LogP contribution in [0, 0.1) is 5.92 Å². The highest BCUT2D eigenvalue weighted by atomic mass is 16.7. The molecule has 2 aromatic rings. The summed E-state index contributed by atoms with van der Waals surface area (Å²) in [5.41, 5.74) is 0.580. The second kappa shape index (κ2) is 9.12. The Labute approximate surface area is 198 Å². The Bertz CT molecular complexity index is 1110. The molecule has 2 fully saturated rings. The number of benzene rings is 1. The van der Waals surface area contributed by atoms with Crippen molar-refractivity contribution in [3.63, 3.8) is 0 Å². The van der Waals surface area contributed by atoms with Gasteiger partial charge in [-0.2, -0.15) is 0 Å². The van der Waals surface area contributed by atoms with Crippen LogP contribution in [0.15, 0.2) is 30.6 Å². The summed E-state index contributed by atoms with van der Waals surface area (Å²) in [5.74, 6) is 1.69. The van der Waals surface area contributed by atoms with Crippen LogP contribution in [0.3, 0.4) is 0 Å². The molecule has 3 aliphatic rings. The van der Waals surface area contributed by atoms with Gasteiger partial charge in [-0.05, 0) is 49.8 Å². The van der Waals surface area contributed by atoms with Crippen molar-refractivity contribution < 1.29 is 23.9 Å². The van der Waals surface area contributed by atoms with Gasteiger partial charge in [-0.3, -0.25) is 14.4 Å². The number of hydrogen-bond acceptors (Lipinski definition) is 6. The third kappa shape index (κ3) is 4.51. The third-order valence-corrected chi connectivity index (χ3v) is 7.22. The Morgan fingerprint density at radius 3 is 2.88 bits per heavy atom. The largest absolute Gasteiger partial charge is 0.454 e. The number of Topliss-reactive ketones (excluding diaryl/α,β-unsaturated/α-hetero) is 1. The van der Waals surface area contributed by atoms with Crippen LogP contribution in [0.2, 0.25) is 0 Å². The Kier molecular flexibility index (Phi) is 6.02. The molecule has 2 amide bonds. The van der Waals surface area contributed by atoms with Gasteiger partial charge in [0.15, 0.2) is 17.3 Å². The lowest BCUT2D eigenvalue weighted by molar-refractivity contribution is -0.133. The van der Waals surface area contributed by atoms with Gasteiger partial charge in [-0.25, -0.2) is 4.98 Å². The smallest absolute Gasteiger partial charge is 0.231 e. The molecule has 0 aliphatic carbocycles. The first kappa shape index (κ1) is 22.4. The number of carbonyl (C=O) groups is 3. The Morgan fingerprint density at radius 2 is 2.12 bits per heavy atom. The van der Waals surface area contributed by atoms with Crippen LogP contribution in [0.1, 0.15) is 54.7 Å². The van der Waals surface area contributed by atoms with Crippen molar-refractivity contribution in [2.75, 3.05) is 19.9 Å². The number of piperidine rings is 1. The molecule has 9 nitrogen and oxygen atoms in total. The molecule has 1 aromatic carbocycles. The highest BCUT2D eigenvalue weighted by Crippen LogP contribution is 2.36. The van der Waals surface area contributed by atoms with E-state index in [1.807, 2.05) is 25.2 Å². The highest BCUT2D eigenvalue weighted by Gasteiger charge is 2.39. The SMILES string of the molecule is Cn1ccnc1C(=O)[C@@H]1CCCN(C(=O)CC[C@]2(Cc3ccc4c(c3)OCO4)CCC(=O)N2)C1. The molecular weight excluding hydrogens is 436 g/mol. The van der Waals surface area contributed by atoms with Crippen molar-refractivity contribution in [2.24, 2.45) is 13.0 Å². The van der Waals surface area contributed by atoms with E-state index in [-0.39, 0.29) is 30.3 Å². The molecule has 3 aliphatic heterocycles. The van der Waals surface area contributed by atoms with E-state index in [1.54, 1.807) is 21.9 Å². The monoisotopic (exact) mass is 466 g/mol. The number of amides is 2. The van der Waals surface area contributed by atoms with Gasteiger partial charge in [-0.15, -0.1) is 0 Å². The maximum Gasteiger partial charge on any atom is 0.231 e. The first-order valence-corrected chi connectivity index (χ1v) is 11.9. The number of carbonyl (C=O) groups excluding carboxylic acids is 3. The fourth-order valence-electron chi connectivity index (χ4n) is 5.33. The lowest BCUT2D eigenvalue weighted by Gasteiger charge is -2.34. The Morgan fingerprint density at radius 1 is 1.26 bits per heavy atom. The molecule has 0 radical (unpaired) electrons. The number of fused-ring (bicyclic) bond motifs is 1. The molecule has 2 atom stereocenters. The van der Waals surface area contributed by atoms with E-state index in [9.17, 15) is 14.4 Å². The van der Waals surface area contributed by atoms with Gasteiger partial charge in [0.25, 0.3) is 0 Å². The van der Waals surface area contributed by atoms with Gasteiger partial charge in [0.1, 0.15) is 0 Å². The molecule has 1 N–H and O–H groups in total. The van der Waals surface area contributed by atoms with E-state index in [2.05, 4.69) is 10.3 Å². The van der Waals surface area contributed by atoms with Gasteiger partial charge in [0.2, 0.25) is 24.4 Å². The van der Waals surface area contributed by atoms with Crippen LogP contribution in [0.25, 0.3) is 0 Å². The zero-order valence-electron chi connectivity index (χ0n) is 19.4. The first-order valence-electron chi connectivity index (χ1n) is 11.9. The van der Waals surface area contributed by atoms with Crippen LogP contribution in [-0.2, 0) is 23.1 Å². The number of rotatable bonds is 7. The van der Waals surface area contributed by atoms with Crippen LogP contribution < -0.4 is 14.8 Å². The topological polar surface area (TPSA) is 103 Å². The fraction of sp³-hybridized carbons (Fsp3) is 0.520. The van der Waals surface area contributed by atoms with Crippen molar-refractivity contribution in [1.82, 2.24) is 19.8 Å². The average Bonchev–Trinajstić information content (AvgIpc) is 3.57. The molecular formula is C25H30N4O5. The highest BCUT2D eigenvalue weighted by molar-refractivity contribution is 5.95. The van der Waals surface area contributed by atoms with Gasteiger partial charge < -0.3 is 24.3 Å². The molecule has 4 heterocycles. The summed E-state index contributed by atoms with van der Waals surface area (Å²) >= 11 is 0. The zero-order valence-corrected chi connectivity index (χ0v) is 19.4. The lowest BCUT2D eigenvalue weighted by Crippen LogP contribution is -2.46. The molecule has 9 heteroatoms. The number of aryl methyl sites for hydroxylation is 1. The van der Waals surface area contributed by atoms with Gasteiger partial charge >= 0.3 is 0 Å². The summed E-state index contributed by atoms with van der Waals surface area (Å²) in [7, 11) is 1.81. The quantitative estimate of drug-likeness (QED) is 0.628. The van der Waals surface area contributed by atoms with Crippen molar-refractivity contribution >= 4 is 17.6 Å². The van der Waals surface area contributed by atoms with Gasteiger partial charge in [-0.1, -0.05) is 6.07 Å². The van der Waals surface area contributed by atoms with E-state index in [0.29, 0.717) is 56.8 Å². The van der Waals surface area contributed by atoms with Crippen molar-refractivity contribution in [3.05, 3.63) is 42.0 Å². The summed E-state index contributed by atoms with van der Waals surface area (Å²) in [5, 5.41) is 3.15. The third-order valence-electron chi connectivity index (χ3n) is 7.22. The molecule has 0 unspecified atom stereocenters. The number of nitrogens with zero attached hydrogens (tertiary/aromatic N) is 3. The number of aromatic nitrogens is 2. The summed E-state index contributed by atoms with van der Waals surface area (Å²) < 4.78 is 12.6. The maximum atomic E-state index is 13.2. The second-order valence-electron chi connectivity index (χ2n) is 9.60. The second-order valence-corrected chi connectivity index (χ2v) is 9.60. The van der Waals surface area contributed by atoms with Crippen molar-refractivity contribution in [1.29, 1.82) is 0 Å². The predicted octanol–water partition coefficient (Wildman–Crippen LogP) is 2.24. The standard InChI is InChI=1S/C25H30N4O5/c1-28-12-10-26-24(28)23(32)18-3-2-11-29(15-18)22(31)7-9-25(8-6-21(30)27-25)14-17-4-5-19-20(13-17)34-16-33-19/h4-5,10,12-13,18H,2-3,6-9,11,14-16H2,1H3,(H,27,30)/t18-,25+/m1/s1. The summed E-state index contributed by atoms with van der Waals surface area (Å²) in [6, 6.07) is 5.83. The minimum atomic E-state index is -0.460. The molecule has 180 valence electrons. The Balaban J connectivity index is 1.23. The average molecular weight is 467 g/mol. The van der Waals surface area contributed by atoms with Crippen LogP contribution in [0.5, 0.6) is 11.5 Å². The van der Waals surface area contributed by atoms with Gasteiger partial charge in [0, 0.05) is 56.8 Å². The first-order chi connectivity index (χ1) is 16.4. The molecule has 1 aromatic heterocycles. The number of likely N-dealkylation sites (tertiary alicyclic amines) is 1. The van der Waals surface area contributed by atoms with Crippen molar-refractivity contribution in [2.45, 2.75) is 50.5 Å². The number of nitrogens with one attached hydrogen (secondary N) is 1. The lowest BCUT2D eigenvalue weighted by atomic mass is 9.84. The van der Waals surface area contributed by atoms with Crippen molar-refractivity contribution in [3.8, 4) is 11.5 Å².